The van der Waals surface area contributed by atoms with Gasteiger partial charge in [-0.1, -0.05) is 48.5 Å². The Labute approximate surface area is 195 Å². The van der Waals surface area contributed by atoms with Crippen molar-refractivity contribution in [2.24, 2.45) is 12.8 Å². The molecule has 0 aliphatic heterocycles. The number of aryl methyl sites for hydroxylation is 2. The van der Waals surface area contributed by atoms with Crippen molar-refractivity contribution in [2.75, 3.05) is 4.90 Å². The van der Waals surface area contributed by atoms with Gasteiger partial charge in [0.05, 0.1) is 22.5 Å². The number of fused-ring (bicyclic) bond motifs is 3. The van der Waals surface area contributed by atoms with E-state index in [0.717, 1.165) is 34.4 Å². The maximum Gasteiger partial charge on any atom is 0.419 e. The first-order valence-electron chi connectivity index (χ1n) is 10.6. The molecule has 2 amide bonds. The number of hydrogen-bond donors (Lipinski definition) is 1. The second-order valence-corrected chi connectivity index (χ2v) is 8.81. The first-order chi connectivity index (χ1) is 16.0. The first-order valence-corrected chi connectivity index (χ1v) is 11.4. The fraction of sp³-hybridized carbons (Fsp3) is 0.160. The van der Waals surface area contributed by atoms with Gasteiger partial charge in [-0.2, -0.15) is 5.10 Å². The van der Waals surface area contributed by atoms with Crippen LogP contribution >= 0.6 is 11.3 Å². The van der Waals surface area contributed by atoms with Gasteiger partial charge in [-0.05, 0) is 41.7 Å². The van der Waals surface area contributed by atoms with Crippen LogP contribution in [-0.2, 0) is 31.2 Å². The summed E-state index contributed by atoms with van der Waals surface area (Å²) >= 11 is 1.22. The topological polar surface area (TPSA) is 90.4 Å². The number of amides is 2. The number of thiophene rings is 1. The van der Waals surface area contributed by atoms with Gasteiger partial charge < -0.3 is 10.5 Å². The van der Waals surface area contributed by atoms with Crippen molar-refractivity contribution < 1.29 is 14.3 Å². The van der Waals surface area contributed by atoms with Crippen molar-refractivity contribution >= 4 is 34.0 Å². The average Bonchev–Trinajstić information content (AvgIpc) is 3.40. The van der Waals surface area contributed by atoms with Gasteiger partial charge in [0.25, 0.3) is 5.91 Å². The van der Waals surface area contributed by atoms with E-state index in [9.17, 15) is 9.59 Å². The summed E-state index contributed by atoms with van der Waals surface area (Å²) in [4.78, 5) is 27.8. The zero-order chi connectivity index (χ0) is 22.9. The third kappa shape index (κ3) is 3.78. The van der Waals surface area contributed by atoms with E-state index in [4.69, 9.17) is 10.5 Å². The van der Waals surface area contributed by atoms with Gasteiger partial charge in [0.1, 0.15) is 11.6 Å². The maximum atomic E-state index is 13.5. The van der Waals surface area contributed by atoms with E-state index in [-0.39, 0.29) is 6.61 Å². The number of carbonyl (C=O) groups excluding carboxylic acids is 2. The van der Waals surface area contributed by atoms with Gasteiger partial charge in [0.15, 0.2) is 0 Å². The normalized spacial score (nSPS) is 12.0. The minimum absolute atomic E-state index is 0.135. The molecule has 0 unspecified atom stereocenters. The third-order valence-electron chi connectivity index (χ3n) is 5.71. The van der Waals surface area contributed by atoms with Crippen LogP contribution in [0.5, 0.6) is 0 Å². The number of aromatic nitrogens is 2. The smallest absolute Gasteiger partial charge is 0.419 e. The molecule has 2 aromatic heterocycles. The Hall–Kier alpha value is -3.91. The fourth-order valence-corrected chi connectivity index (χ4v) is 5.42. The molecule has 0 radical (unpaired) electrons. The molecule has 33 heavy (non-hydrogen) atoms. The Kier molecular flexibility index (Phi) is 5.43. The van der Waals surface area contributed by atoms with Crippen molar-refractivity contribution in [1.29, 1.82) is 0 Å². The number of anilines is 2. The lowest BCUT2D eigenvalue weighted by atomic mass is 9.91. The second kappa shape index (κ2) is 8.55. The third-order valence-corrected chi connectivity index (χ3v) is 6.94. The van der Waals surface area contributed by atoms with Gasteiger partial charge in [-0.3, -0.25) is 9.48 Å². The van der Waals surface area contributed by atoms with Crippen LogP contribution in [0.3, 0.4) is 0 Å². The molecule has 5 rings (SSSR count). The number of para-hydroxylation sites is 1. The highest BCUT2D eigenvalue weighted by Gasteiger charge is 2.34. The van der Waals surface area contributed by atoms with E-state index in [0.29, 0.717) is 22.0 Å². The maximum absolute atomic E-state index is 13.5. The molecular weight excluding hydrogens is 436 g/mol. The zero-order valence-electron chi connectivity index (χ0n) is 18.0. The Balaban J connectivity index is 1.64. The van der Waals surface area contributed by atoms with Gasteiger partial charge in [-0.15, -0.1) is 11.3 Å². The van der Waals surface area contributed by atoms with E-state index in [1.807, 2.05) is 73.9 Å². The summed E-state index contributed by atoms with van der Waals surface area (Å²) in [5, 5.41) is 5.02. The predicted molar refractivity (Wildman–Crippen MR) is 128 cm³/mol. The molecule has 8 heteroatoms. The summed E-state index contributed by atoms with van der Waals surface area (Å²) in [5.41, 5.74) is 10.9. The van der Waals surface area contributed by atoms with E-state index in [1.54, 1.807) is 4.68 Å². The standard InChI is InChI=1S/C25H22N4O3S/c1-28-21-17(14-27-28)12-13-19-20(21)24(33-22(19)23(26)30)29(18-10-6-3-7-11-18)25(31)32-15-16-8-4-2-5-9-16/h2-11,14H,12-13,15H2,1H3,(H2,26,30). The Morgan fingerprint density at radius 3 is 2.48 bits per heavy atom. The van der Waals surface area contributed by atoms with Crippen LogP contribution < -0.4 is 10.6 Å². The fourth-order valence-electron chi connectivity index (χ4n) is 4.21. The van der Waals surface area contributed by atoms with Gasteiger partial charge in [-0.25, -0.2) is 9.69 Å². The SMILES string of the molecule is Cn1ncc2c1-c1c(N(C(=O)OCc3ccccc3)c3ccccc3)sc(C(N)=O)c1CC2. The van der Waals surface area contributed by atoms with Gasteiger partial charge >= 0.3 is 6.09 Å². The minimum atomic E-state index is -0.528. The van der Waals surface area contributed by atoms with Crippen molar-refractivity contribution in [1.82, 2.24) is 9.78 Å². The molecule has 0 saturated heterocycles. The lowest BCUT2D eigenvalue weighted by Gasteiger charge is -2.24. The molecule has 0 bridgehead atoms. The lowest BCUT2D eigenvalue weighted by Crippen LogP contribution is -2.26. The summed E-state index contributed by atoms with van der Waals surface area (Å²) in [6, 6.07) is 18.8. The van der Waals surface area contributed by atoms with Crippen LogP contribution in [0.4, 0.5) is 15.5 Å². The number of carbonyl (C=O) groups is 2. The van der Waals surface area contributed by atoms with E-state index >= 15 is 0 Å². The highest BCUT2D eigenvalue weighted by atomic mass is 32.1. The van der Waals surface area contributed by atoms with Crippen molar-refractivity contribution in [3.63, 3.8) is 0 Å². The van der Waals surface area contributed by atoms with Crippen molar-refractivity contribution in [3.05, 3.63) is 88.4 Å². The molecule has 0 fully saturated rings. The molecule has 1 aliphatic carbocycles. The highest BCUT2D eigenvalue weighted by molar-refractivity contribution is 7.19. The lowest BCUT2D eigenvalue weighted by molar-refractivity contribution is 0.100. The Morgan fingerprint density at radius 2 is 1.79 bits per heavy atom. The highest BCUT2D eigenvalue weighted by Crippen LogP contribution is 2.49. The summed E-state index contributed by atoms with van der Waals surface area (Å²) in [5.74, 6) is -0.501. The quantitative estimate of drug-likeness (QED) is 0.464. The summed E-state index contributed by atoms with van der Waals surface area (Å²) < 4.78 is 7.50. The summed E-state index contributed by atoms with van der Waals surface area (Å²) in [6.07, 6.45) is 2.73. The molecule has 2 N–H and O–H groups in total. The average molecular weight is 459 g/mol. The number of primary amides is 1. The predicted octanol–water partition coefficient (Wildman–Crippen LogP) is 4.82. The van der Waals surface area contributed by atoms with E-state index < -0.39 is 12.0 Å². The monoisotopic (exact) mass is 458 g/mol. The molecule has 0 saturated carbocycles. The number of benzene rings is 2. The number of hydrogen-bond acceptors (Lipinski definition) is 5. The van der Waals surface area contributed by atoms with Crippen LogP contribution in [0, 0.1) is 0 Å². The molecule has 0 spiro atoms. The van der Waals surface area contributed by atoms with Crippen LogP contribution in [0.1, 0.15) is 26.4 Å². The molecule has 2 heterocycles. The second-order valence-electron chi connectivity index (χ2n) is 7.81. The molecule has 0 atom stereocenters. The van der Waals surface area contributed by atoms with Crippen LogP contribution in [0.15, 0.2) is 66.9 Å². The van der Waals surface area contributed by atoms with E-state index in [1.165, 1.54) is 16.2 Å². The zero-order valence-corrected chi connectivity index (χ0v) is 18.8. The minimum Gasteiger partial charge on any atom is -0.444 e. The molecule has 2 aromatic carbocycles. The van der Waals surface area contributed by atoms with Crippen molar-refractivity contribution in [2.45, 2.75) is 19.4 Å². The number of ether oxygens (including phenoxy) is 1. The molecule has 7 nitrogen and oxygen atoms in total. The number of rotatable bonds is 5. The van der Waals surface area contributed by atoms with Crippen LogP contribution in [-0.4, -0.2) is 21.8 Å². The first kappa shape index (κ1) is 21.0. The van der Waals surface area contributed by atoms with Crippen LogP contribution in [0.2, 0.25) is 0 Å². The van der Waals surface area contributed by atoms with Gasteiger partial charge in [0.2, 0.25) is 0 Å². The molecule has 1 aliphatic rings. The molecule has 166 valence electrons. The molecule has 4 aromatic rings. The summed E-state index contributed by atoms with van der Waals surface area (Å²) in [7, 11) is 1.86. The number of nitrogens with zero attached hydrogens (tertiary/aromatic N) is 3. The van der Waals surface area contributed by atoms with Gasteiger partial charge in [0, 0.05) is 12.6 Å². The largest absolute Gasteiger partial charge is 0.444 e. The number of nitrogens with two attached hydrogens (primary N) is 1. The van der Waals surface area contributed by atoms with E-state index in [2.05, 4.69) is 5.10 Å². The Morgan fingerprint density at radius 1 is 1.09 bits per heavy atom. The Bertz CT molecular complexity index is 1330. The molecular formula is C25H22N4O3S. The van der Waals surface area contributed by atoms with Crippen molar-refractivity contribution in [3.8, 4) is 11.3 Å². The van der Waals surface area contributed by atoms with Crippen LogP contribution in [0.25, 0.3) is 11.3 Å². The summed E-state index contributed by atoms with van der Waals surface area (Å²) in [6.45, 7) is 0.135.